The van der Waals surface area contributed by atoms with Crippen molar-refractivity contribution in [2.75, 3.05) is 45.9 Å². The highest BCUT2D eigenvalue weighted by Crippen LogP contribution is 2.09. The van der Waals surface area contributed by atoms with Crippen LogP contribution in [0.2, 0.25) is 0 Å². The Bertz CT molecular complexity index is 597. The second kappa shape index (κ2) is 10.3. The first-order chi connectivity index (χ1) is 13.2. The molecule has 0 radical (unpaired) electrons. The lowest BCUT2D eigenvalue weighted by Gasteiger charge is -2.34. The molecule has 0 atom stereocenters. The molecule has 1 aromatic rings. The molecular formula is C20H30N4O3. The van der Waals surface area contributed by atoms with Gasteiger partial charge in [0.25, 0.3) is 0 Å². The maximum absolute atomic E-state index is 12.4. The molecule has 0 aromatic heterocycles. The van der Waals surface area contributed by atoms with E-state index in [-0.39, 0.29) is 18.0 Å². The highest BCUT2D eigenvalue weighted by Gasteiger charge is 2.21. The predicted molar refractivity (Wildman–Crippen MR) is 103 cm³/mol. The van der Waals surface area contributed by atoms with E-state index in [4.69, 9.17) is 4.74 Å². The van der Waals surface area contributed by atoms with Crippen LogP contribution in [0.3, 0.4) is 0 Å². The van der Waals surface area contributed by atoms with Crippen molar-refractivity contribution in [3.05, 3.63) is 35.9 Å². The number of urea groups is 1. The van der Waals surface area contributed by atoms with E-state index in [1.165, 1.54) is 5.56 Å². The first kappa shape index (κ1) is 19.6. The van der Waals surface area contributed by atoms with Gasteiger partial charge in [0, 0.05) is 64.9 Å². The molecule has 7 heteroatoms. The van der Waals surface area contributed by atoms with Crippen molar-refractivity contribution in [3.8, 4) is 0 Å². The van der Waals surface area contributed by atoms with Crippen LogP contribution in [-0.4, -0.2) is 73.7 Å². The summed E-state index contributed by atoms with van der Waals surface area (Å²) in [4.78, 5) is 28.5. The Morgan fingerprint density at radius 2 is 1.74 bits per heavy atom. The third kappa shape index (κ3) is 6.52. The standard InChI is InChI=1S/C20H30N4O3/c25-19(6-9-21-20(26)22-18-7-14-27-15-8-18)24-12-10-23(11-13-24)16-17-4-2-1-3-5-17/h1-5,18H,6-16H2,(H2,21,22,26). The summed E-state index contributed by atoms with van der Waals surface area (Å²) in [6.45, 7) is 5.96. The van der Waals surface area contributed by atoms with Gasteiger partial charge in [0.05, 0.1) is 0 Å². The van der Waals surface area contributed by atoms with Gasteiger partial charge >= 0.3 is 6.03 Å². The van der Waals surface area contributed by atoms with Crippen molar-refractivity contribution in [3.63, 3.8) is 0 Å². The van der Waals surface area contributed by atoms with Gasteiger partial charge in [-0.15, -0.1) is 0 Å². The molecule has 0 aliphatic carbocycles. The third-order valence-electron chi connectivity index (χ3n) is 5.15. The molecule has 27 heavy (non-hydrogen) atoms. The van der Waals surface area contributed by atoms with E-state index in [9.17, 15) is 9.59 Å². The van der Waals surface area contributed by atoms with Gasteiger partial charge in [-0.3, -0.25) is 9.69 Å². The summed E-state index contributed by atoms with van der Waals surface area (Å²) in [6.07, 6.45) is 2.04. The van der Waals surface area contributed by atoms with Gasteiger partial charge in [-0.2, -0.15) is 0 Å². The minimum Gasteiger partial charge on any atom is -0.381 e. The third-order valence-corrected chi connectivity index (χ3v) is 5.15. The van der Waals surface area contributed by atoms with Crippen LogP contribution in [-0.2, 0) is 16.1 Å². The van der Waals surface area contributed by atoms with E-state index in [0.29, 0.717) is 26.2 Å². The van der Waals surface area contributed by atoms with Gasteiger partial charge in [-0.25, -0.2) is 4.79 Å². The van der Waals surface area contributed by atoms with Gasteiger partial charge < -0.3 is 20.3 Å². The van der Waals surface area contributed by atoms with Crippen molar-refractivity contribution in [1.82, 2.24) is 20.4 Å². The van der Waals surface area contributed by atoms with Crippen LogP contribution in [0.25, 0.3) is 0 Å². The molecule has 0 bridgehead atoms. The Labute approximate surface area is 161 Å². The molecule has 0 saturated carbocycles. The summed E-state index contributed by atoms with van der Waals surface area (Å²) in [7, 11) is 0. The summed E-state index contributed by atoms with van der Waals surface area (Å²) in [5.41, 5.74) is 1.30. The minimum atomic E-state index is -0.192. The normalized spacial score (nSPS) is 18.9. The second-order valence-corrected chi connectivity index (χ2v) is 7.18. The molecule has 7 nitrogen and oxygen atoms in total. The second-order valence-electron chi connectivity index (χ2n) is 7.18. The number of piperazine rings is 1. The molecule has 0 unspecified atom stereocenters. The molecule has 2 aliphatic heterocycles. The molecular weight excluding hydrogens is 344 g/mol. The topological polar surface area (TPSA) is 73.9 Å². The molecule has 3 amide bonds. The Balaban J connectivity index is 1.29. The van der Waals surface area contributed by atoms with Crippen LogP contribution in [0, 0.1) is 0 Å². The van der Waals surface area contributed by atoms with Gasteiger partial charge in [-0.05, 0) is 18.4 Å². The van der Waals surface area contributed by atoms with E-state index in [2.05, 4.69) is 39.8 Å². The average molecular weight is 374 g/mol. The van der Waals surface area contributed by atoms with Gasteiger partial charge in [0.2, 0.25) is 5.91 Å². The van der Waals surface area contributed by atoms with Crippen LogP contribution in [0.4, 0.5) is 4.79 Å². The lowest BCUT2D eigenvalue weighted by molar-refractivity contribution is -0.132. The Kier molecular flexibility index (Phi) is 7.47. The molecule has 2 saturated heterocycles. The number of hydrogen-bond acceptors (Lipinski definition) is 4. The van der Waals surface area contributed by atoms with E-state index in [1.54, 1.807) is 0 Å². The predicted octanol–water partition coefficient (Wildman–Crippen LogP) is 1.20. The number of benzene rings is 1. The quantitative estimate of drug-likeness (QED) is 0.785. The van der Waals surface area contributed by atoms with Gasteiger partial charge in [0.15, 0.2) is 0 Å². The number of amides is 3. The first-order valence-electron chi connectivity index (χ1n) is 9.87. The lowest BCUT2D eigenvalue weighted by Crippen LogP contribution is -2.49. The SMILES string of the molecule is O=C(NCCC(=O)N1CCN(Cc2ccccc2)CC1)NC1CCOCC1. The van der Waals surface area contributed by atoms with Gasteiger partial charge in [0.1, 0.15) is 0 Å². The van der Waals surface area contributed by atoms with Crippen molar-refractivity contribution in [2.24, 2.45) is 0 Å². The number of carbonyl (C=O) groups excluding carboxylic acids is 2. The summed E-state index contributed by atoms with van der Waals surface area (Å²) < 4.78 is 5.28. The molecule has 2 fully saturated rings. The summed E-state index contributed by atoms with van der Waals surface area (Å²) >= 11 is 0. The fourth-order valence-corrected chi connectivity index (χ4v) is 3.52. The summed E-state index contributed by atoms with van der Waals surface area (Å²) in [5.74, 6) is 0.112. The van der Waals surface area contributed by atoms with Gasteiger partial charge in [-0.1, -0.05) is 30.3 Å². The highest BCUT2D eigenvalue weighted by atomic mass is 16.5. The largest absolute Gasteiger partial charge is 0.381 e. The van der Waals surface area contributed by atoms with Crippen molar-refractivity contribution in [2.45, 2.75) is 31.8 Å². The maximum Gasteiger partial charge on any atom is 0.315 e. The Morgan fingerprint density at radius 3 is 2.44 bits per heavy atom. The number of ether oxygens (including phenoxy) is 1. The van der Waals surface area contributed by atoms with E-state index in [0.717, 1.165) is 45.6 Å². The Hall–Kier alpha value is -2.12. The van der Waals surface area contributed by atoms with Crippen LogP contribution < -0.4 is 10.6 Å². The minimum absolute atomic E-state index is 0.112. The molecule has 1 aromatic carbocycles. The molecule has 2 N–H and O–H groups in total. The lowest BCUT2D eigenvalue weighted by atomic mass is 10.1. The maximum atomic E-state index is 12.4. The number of nitrogens with zero attached hydrogens (tertiary/aromatic N) is 2. The van der Waals surface area contributed by atoms with Crippen LogP contribution >= 0.6 is 0 Å². The summed E-state index contributed by atoms with van der Waals surface area (Å²) in [6, 6.07) is 10.4. The molecule has 3 rings (SSSR count). The Morgan fingerprint density at radius 1 is 1.04 bits per heavy atom. The van der Waals surface area contributed by atoms with Crippen molar-refractivity contribution < 1.29 is 14.3 Å². The van der Waals surface area contributed by atoms with Crippen molar-refractivity contribution in [1.29, 1.82) is 0 Å². The number of carbonyl (C=O) groups is 2. The van der Waals surface area contributed by atoms with E-state index in [1.807, 2.05) is 11.0 Å². The zero-order valence-electron chi connectivity index (χ0n) is 15.9. The number of nitrogens with one attached hydrogen (secondary N) is 2. The van der Waals surface area contributed by atoms with Crippen LogP contribution in [0.5, 0.6) is 0 Å². The molecule has 0 spiro atoms. The smallest absolute Gasteiger partial charge is 0.315 e. The molecule has 148 valence electrons. The van der Waals surface area contributed by atoms with Crippen molar-refractivity contribution >= 4 is 11.9 Å². The van der Waals surface area contributed by atoms with E-state index < -0.39 is 0 Å². The zero-order valence-corrected chi connectivity index (χ0v) is 15.9. The molecule has 2 heterocycles. The fourth-order valence-electron chi connectivity index (χ4n) is 3.52. The number of rotatable bonds is 6. The van der Waals surface area contributed by atoms with Crippen LogP contribution in [0.15, 0.2) is 30.3 Å². The number of hydrogen-bond donors (Lipinski definition) is 2. The van der Waals surface area contributed by atoms with Crippen LogP contribution in [0.1, 0.15) is 24.8 Å². The fraction of sp³-hybridized carbons (Fsp3) is 0.600. The first-order valence-corrected chi connectivity index (χ1v) is 9.87. The molecule has 2 aliphatic rings. The van der Waals surface area contributed by atoms with E-state index >= 15 is 0 Å². The monoisotopic (exact) mass is 374 g/mol. The zero-order chi connectivity index (χ0) is 18.9. The average Bonchev–Trinajstić information content (AvgIpc) is 2.70. The highest BCUT2D eigenvalue weighted by molar-refractivity contribution is 5.78. The summed E-state index contributed by atoms with van der Waals surface area (Å²) in [5, 5.41) is 5.73.